The zero-order chi connectivity index (χ0) is 10.5. The molecule has 0 aromatic rings. The number of likely N-dealkylation sites (N-methyl/N-ethyl adjacent to an activating group) is 1. The van der Waals surface area contributed by atoms with Crippen LogP contribution in [0.25, 0.3) is 0 Å². The number of hydrogen-bond donors (Lipinski definition) is 2. The Bertz CT molecular complexity index is 228. The van der Waals surface area contributed by atoms with Gasteiger partial charge in [0.15, 0.2) is 0 Å². The van der Waals surface area contributed by atoms with Crippen LogP contribution in [0.3, 0.4) is 0 Å². The van der Waals surface area contributed by atoms with Crippen molar-refractivity contribution in [3.8, 4) is 0 Å². The molecular formula is C7H18N2O3S. The van der Waals surface area contributed by atoms with Crippen molar-refractivity contribution < 1.29 is 13.5 Å². The normalized spacial score (nSPS) is 14.8. The van der Waals surface area contributed by atoms with Gasteiger partial charge >= 0.3 is 0 Å². The summed E-state index contributed by atoms with van der Waals surface area (Å²) in [6.07, 6.45) is 0.751. The number of nitrogens with one attached hydrogen (secondary N) is 1. The van der Waals surface area contributed by atoms with Gasteiger partial charge in [-0.2, -0.15) is 12.7 Å². The first-order valence-corrected chi connectivity index (χ1v) is 5.73. The third-order valence-electron chi connectivity index (χ3n) is 1.80. The molecule has 0 rings (SSSR count). The second kappa shape index (κ2) is 5.54. The molecule has 0 saturated heterocycles. The molecule has 6 heteroatoms. The van der Waals surface area contributed by atoms with E-state index in [2.05, 4.69) is 4.72 Å². The maximum atomic E-state index is 11.4. The largest absolute Gasteiger partial charge is 0.395 e. The molecule has 0 aromatic carbocycles. The number of aliphatic hydroxyl groups excluding tert-OH is 1. The standard InChI is InChI=1S/C7H18N2O3S/c1-4-5-8-13(11,12)9(3)7(2)6-10/h7-8,10H,4-6H2,1-3H3. The second-order valence-electron chi connectivity index (χ2n) is 2.95. The fourth-order valence-electron chi connectivity index (χ4n) is 0.685. The minimum absolute atomic E-state index is 0.177. The van der Waals surface area contributed by atoms with Crippen molar-refractivity contribution in [1.82, 2.24) is 9.03 Å². The monoisotopic (exact) mass is 210 g/mol. The van der Waals surface area contributed by atoms with Crippen molar-refractivity contribution in [2.45, 2.75) is 26.3 Å². The van der Waals surface area contributed by atoms with E-state index in [0.29, 0.717) is 6.54 Å². The summed E-state index contributed by atoms with van der Waals surface area (Å²) < 4.78 is 26.3. The average molecular weight is 210 g/mol. The van der Waals surface area contributed by atoms with Crippen LogP contribution >= 0.6 is 0 Å². The van der Waals surface area contributed by atoms with E-state index < -0.39 is 16.3 Å². The molecule has 0 heterocycles. The molecule has 0 radical (unpaired) electrons. The molecule has 0 saturated carbocycles. The van der Waals surface area contributed by atoms with Crippen LogP contribution in [-0.2, 0) is 10.2 Å². The Hall–Kier alpha value is -0.170. The molecule has 1 unspecified atom stereocenters. The predicted octanol–water partition coefficient (Wildman–Crippen LogP) is -0.457. The van der Waals surface area contributed by atoms with Crippen molar-refractivity contribution >= 4 is 10.2 Å². The smallest absolute Gasteiger partial charge is 0.279 e. The Morgan fingerprint density at radius 3 is 2.46 bits per heavy atom. The van der Waals surface area contributed by atoms with Crippen LogP contribution in [0.2, 0.25) is 0 Å². The summed E-state index contributed by atoms with van der Waals surface area (Å²) in [7, 11) is -1.97. The molecule has 0 aromatic heterocycles. The molecule has 80 valence electrons. The van der Waals surface area contributed by atoms with Gasteiger partial charge in [-0.05, 0) is 13.3 Å². The van der Waals surface area contributed by atoms with Gasteiger partial charge in [0.05, 0.1) is 6.61 Å². The summed E-state index contributed by atoms with van der Waals surface area (Å²) in [6, 6.07) is -0.394. The highest BCUT2D eigenvalue weighted by Gasteiger charge is 2.21. The van der Waals surface area contributed by atoms with Gasteiger partial charge in [0.1, 0.15) is 0 Å². The maximum Gasteiger partial charge on any atom is 0.279 e. The fourth-order valence-corrected chi connectivity index (χ4v) is 1.89. The predicted molar refractivity (Wildman–Crippen MR) is 51.5 cm³/mol. The van der Waals surface area contributed by atoms with E-state index in [1.165, 1.54) is 7.05 Å². The zero-order valence-electron chi connectivity index (χ0n) is 8.32. The second-order valence-corrected chi connectivity index (χ2v) is 4.76. The van der Waals surface area contributed by atoms with Crippen molar-refractivity contribution in [2.24, 2.45) is 0 Å². The number of aliphatic hydroxyl groups is 1. The van der Waals surface area contributed by atoms with E-state index in [9.17, 15) is 8.42 Å². The lowest BCUT2D eigenvalue weighted by atomic mass is 10.4. The Kier molecular flexibility index (Phi) is 5.46. The van der Waals surface area contributed by atoms with Crippen molar-refractivity contribution in [3.63, 3.8) is 0 Å². The van der Waals surface area contributed by atoms with Gasteiger partial charge in [-0.3, -0.25) is 0 Å². The van der Waals surface area contributed by atoms with Gasteiger partial charge in [0.25, 0.3) is 10.2 Å². The summed E-state index contributed by atoms with van der Waals surface area (Å²) in [4.78, 5) is 0. The highest BCUT2D eigenvalue weighted by molar-refractivity contribution is 7.87. The maximum absolute atomic E-state index is 11.4. The quantitative estimate of drug-likeness (QED) is 0.623. The van der Waals surface area contributed by atoms with Crippen LogP contribution in [0.15, 0.2) is 0 Å². The lowest BCUT2D eigenvalue weighted by Gasteiger charge is -2.22. The van der Waals surface area contributed by atoms with E-state index in [0.717, 1.165) is 10.7 Å². The van der Waals surface area contributed by atoms with Crippen molar-refractivity contribution in [2.75, 3.05) is 20.2 Å². The third kappa shape index (κ3) is 4.04. The van der Waals surface area contributed by atoms with Crippen LogP contribution in [0.5, 0.6) is 0 Å². The average Bonchev–Trinajstić information content (AvgIpc) is 2.12. The highest BCUT2D eigenvalue weighted by atomic mass is 32.2. The van der Waals surface area contributed by atoms with Crippen LogP contribution in [0.1, 0.15) is 20.3 Å². The van der Waals surface area contributed by atoms with Gasteiger partial charge in [-0.1, -0.05) is 6.92 Å². The Balaban J connectivity index is 4.28. The molecule has 0 aliphatic heterocycles. The molecule has 0 aliphatic rings. The molecule has 0 spiro atoms. The van der Waals surface area contributed by atoms with Gasteiger partial charge in [-0.15, -0.1) is 0 Å². The van der Waals surface area contributed by atoms with E-state index in [1.807, 2.05) is 6.92 Å². The topological polar surface area (TPSA) is 69.6 Å². The van der Waals surface area contributed by atoms with Gasteiger partial charge in [0, 0.05) is 19.6 Å². The summed E-state index contributed by atoms with van der Waals surface area (Å²) in [6.45, 7) is 3.78. The lowest BCUT2D eigenvalue weighted by Crippen LogP contribution is -2.44. The molecule has 1 atom stereocenters. The minimum Gasteiger partial charge on any atom is -0.395 e. The first-order chi connectivity index (χ1) is 5.95. The Morgan fingerprint density at radius 1 is 1.54 bits per heavy atom. The van der Waals surface area contributed by atoms with Gasteiger partial charge in [0.2, 0.25) is 0 Å². The minimum atomic E-state index is -3.41. The van der Waals surface area contributed by atoms with E-state index in [-0.39, 0.29) is 6.61 Å². The zero-order valence-corrected chi connectivity index (χ0v) is 9.13. The first-order valence-electron chi connectivity index (χ1n) is 4.29. The SMILES string of the molecule is CCCNS(=O)(=O)N(C)C(C)CO. The van der Waals surface area contributed by atoms with Crippen molar-refractivity contribution in [1.29, 1.82) is 0 Å². The molecule has 5 nitrogen and oxygen atoms in total. The van der Waals surface area contributed by atoms with Gasteiger partial charge in [-0.25, -0.2) is 4.72 Å². The van der Waals surface area contributed by atoms with Crippen LogP contribution in [-0.4, -0.2) is 44.1 Å². The van der Waals surface area contributed by atoms with E-state index in [4.69, 9.17) is 5.11 Å². The van der Waals surface area contributed by atoms with E-state index >= 15 is 0 Å². The first kappa shape index (κ1) is 12.8. The summed E-state index contributed by atoms with van der Waals surface area (Å²) in [5, 5.41) is 8.76. The molecule has 0 amide bonds. The number of hydrogen-bond acceptors (Lipinski definition) is 3. The van der Waals surface area contributed by atoms with Crippen LogP contribution < -0.4 is 4.72 Å². The lowest BCUT2D eigenvalue weighted by molar-refractivity contribution is 0.212. The van der Waals surface area contributed by atoms with Crippen LogP contribution in [0, 0.1) is 0 Å². The highest BCUT2D eigenvalue weighted by Crippen LogP contribution is 2.00. The molecular weight excluding hydrogens is 192 g/mol. The summed E-state index contributed by atoms with van der Waals surface area (Å²) in [5.74, 6) is 0. The Labute approximate surface area is 79.9 Å². The summed E-state index contributed by atoms with van der Waals surface area (Å²) in [5.41, 5.74) is 0. The molecule has 2 N–H and O–H groups in total. The Morgan fingerprint density at radius 2 is 2.08 bits per heavy atom. The number of nitrogens with zero attached hydrogens (tertiary/aromatic N) is 1. The van der Waals surface area contributed by atoms with Gasteiger partial charge < -0.3 is 5.11 Å². The number of rotatable bonds is 6. The molecule has 13 heavy (non-hydrogen) atoms. The molecule has 0 aliphatic carbocycles. The van der Waals surface area contributed by atoms with Crippen LogP contribution in [0.4, 0.5) is 0 Å². The van der Waals surface area contributed by atoms with Crippen molar-refractivity contribution in [3.05, 3.63) is 0 Å². The van der Waals surface area contributed by atoms with E-state index in [1.54, 1.807) is 6.92 Å². The molecule has 0 fully saturated rings. The third-order valence-corrected chi connectivity index (χ3v) is 3.49. The summed E-state index contributed by atoms with van der Waals surface area (Å²) >= 11 is 0. The molecule has 0 bridgehead atoms. The fraction of sp³-hybridized carbons (Fsp3) is 1.00.